The molecule has 4 aliphatic carbocycles. The first-order valence-electron chi connectivity index (χ1n) is 27.1. The second kappa shape index (κ2) is 16.7. The molecule has 0 spiro atoms. The minimum absolute atomic E-state index is 0.166. The molecule has 11 aromatic rings. The lowest BCUT2D eigenvalue weighted by molar-refractivity contribution is 0.414. The molecule has 1 aromatic heterocycles. The maximum Gasteiger partial charge on any atom is 0.119 e. The molecule has 372 valence electrons. The monoisotopic (exact) mass is 1000 g/mol. The van der Waals surface area contributed by atoms with Crippen LogP contribution in [0.4, 0.5) is 28.4 Å². The summed E-state index contributed by atoms with van der Waals surface area (Å²) in [5.74, 6) is 2.02. The van der Waals surface area contributed by atoms with Crippen LogP contribution in [0.25, 0.3) is 70.9 Å². The molecule has 2 unspecified atom stereocenters. The smallest absolute Gasteiger partial charge is 0.119 e. The van der Waals surface area contributed by atoms with E-state index in [1.54, 1.807) is 14.2 Å². The van der Waals surface area contributed by atoms with Crippen LogP contribution in [0.15, 0.2) is 265 Å². The molecule has 78 heavy (non-hydrogen) atoms. The van der Waals surface area contributed by atoms with Gasteiger partial charge >= 0.3 is 0 Å². The van der Waals surface area contributed by atoms with E-state index in [9.17, 15) is 0 Å². The van der Waals surface area contributed by atoms with Crippen molar-refractivity contribution in [3.63, 3.8) is 0 Å². The van der Waals surface area contributed by atoms with Gasteiger partial charge < -0.3 is 23.8 Å². The number of allylic oxidation sites excluding steroid dienone is 13. The zero-order valence-corrected chi connectivity index (χ0v) is 43.8. The predicted molar refractivity (Wildman–Crippen MR) is 324 cm³/mol. The third-order valence-electron chi connectivity index (χ3n) is 17.6. The highest BCUT2D eigenvalue weighted by atomic mass is 16.5. The van der Waals surface area contributed by atoms with Gasteiger partial charge in [0.05, 0.1) is 42.3 Å². The number of rotatable bonds is 9. The number of methoxy groups -OCH3 is 2. The van der Waals surface area contributed by atoms with E-state index in [1.807, 2.05) is 0 Å². The Labute approximate surface area is 453 Å². The zero-order chi connectivity index (χ0) is 52.0. The van der Waals surface area contributed by atoms with Crippen molar-refractivity contribution >= 4 is 82.6 Å². The number of ether oxygens (including phenoxy) is 2. The van der Waals surface area contributed by atoms with Crippen LogP contribution in [0.1, 0.15) is 25.0 Å². The van der Waals surface area contributed by atoms with Gasteiger partial charge in [-0.3, -0.25) is 0 Å². The van der Waals surface area contributed by atoms with Crippen LogP contribution in [-0.4, -0.2) is 18.8 Å². The van der Waals surface area contributed by atoms with E-state index in [4.69, 9.17) is 9.47 Å². The quantitative estimate of drug-likeness (QED) is 0.135. The van der Waals surface area contributed by atoms with Crippen molar-refractivity contribution in [1.29, 1.82) is 0 Å². The number of anilines is 5. The Morgan fingerprint density at radius 1 is 0.462 bits per heavy atom. The number of hydrogen-bond acceptors (Lipinski definition) is 4. The van der Waals surface area contributed by atoms with Gasteiger partial charge in [0, 0.05) is 56.2 Å². The minimum Gasteiger partial charge on any atom is -0.497 e. The number of nitrogens with zero attached hydrogens (tertiary/aromatic N) is 3. The summed E-state index contributed by atoms with van der Waals surface area (Å²) in [4.78, 5) is 4.99. The molecule has 0 fully saturated rings. The maximum absolute atomic E-state index is 5.84. The summed E-state index contributed by atoms with van der Waals surface area (Å²) < 4.78 is 14.2. The molecule has 5 nitrogen and oxygen atoms in total. The first kappa shape index (κ1) is 44.7. The predicted octanol–water partition coefficient (Wildman–Crippen LogP) is 18.6. The topological polar surface area (TPSA) is 29.9 Å². The Kier molecular flexibility index (Phi) is 9.57. The first-order valence-corrected chi connectivity index (χ1v) is 27.1. The van der Waals surface area contributed by atoms with Crippen LogP contribution in [0.5, 0.6) is 11.5 Å². The van der Waals surface area contributed by atoms with Crippen LogP contribution < -0.4 is 19.3 Å². The van der Waals surface area contributed by atoms with E-state index < -0.39 is 0 Å². The number of hydrogen-bond donors (Lipinski definition) is 0. The van der Waals surface area contributed by atoms with Gasteiger partial charge in [0.1, 0.15) is 11.5 Å². The average molecular weight is 1000 g/mol. The summed E-state index contributed by atoms with van der Waals surface area (Å²) in [5, 5.41) is 9.88. The lowest BCUT2D eigenvalue weighted by Gasteiger charge is -2.44. The number of aromatic nitrogens is 1. The molecule has 2 atom stereocenters. The fourth-order valence-electron chi connectivity index (χ4n) is 14.0. The fraction of sp³-hybridized carbons (Fsp3) is 0.0959. The zero-order valence-electron chi connectivity index (χ0n) is 43.8. The van der Waals surface area contributed by atoms with Crippen LogP contribution in [0.3, 0.4) is 0 Å². The molecular formula is C73H53N3O2. The second-order valence-electron chi connectivity index (χ2n) is 22.0. The molecular weight excluding hydrogens is 951 g/mol. The average Bonchev–Trinajstić information content (AvgIpc) is 3.87. The van der Waals surface area contributed by atoms with Crippen LogP contribution in [0.2, 0.25) is 0 Å². The molecule has 0 radical (unpaired) electrons. The number of fused-ring (bicyclic) bond motifs is 5. The summed E-state index contributed by atoms with van der Waals surface area (Å²) in [7, 11) is 3.48. The molecule has 0 saturated heterocycles. The Morgan fingerprint density at radius 3 is 1.86 bits per heavy atom. The summed E-state index contributed by atoms with van der Waals surface area (Å²) in [5.41, 5.74) is 20.0. The van der Waals surface area contributed by atoms with E-state index in [0.29, 0.717) is 0 Å². The summed E-state index contributed by atoms with van der Waals surface area (Å²) in [6.07, 6.45) is 20.8. The highest BCUT2D eigenvalue weighted by Crippen LogP contribution is 2.55. The standard InChI is InChI=1S/C73H53N3O2/c1-73(2)62-22-6-8-24-65(62)76-64-23-7-5-19-58(64)61-39-51(40-63(73)72(61)76)50-37-54(74(52-29-33-56(77-3)34-30-52)66-41-48-17-9-13-44-25-27-46-15-11-20-59(66)70(46)68(44)48)43-55(38-50)75(53-31-35-57(78-4)36-32-53)67-42-49-18-10-14-45-26-28-47-16-12-21-60(67)71(47)69(45)49/h5-43,68,70H,1-4H3. The van der Waals surface area contributed by atoms with Gasteiger partial charge in [-0.05, 0) is 175 Å². The van der Waals surface area contributed by atoms with Gasteiger partial charge in [0.2, 0.25) is 0 Å². The van der Waals surface area contributed by atoms with Crippen molar-refractivity contribution in [1.82, 2.24) is 4.57 Å². The SMILES string of the molecule is COc1ccc(N(C2=CC3=CC=CC4=CC=C5C=CC=C2C5C43)c2cc(-c3cc4c5c(c3)c3ccccc3n5-c3ccccc3C4(C)C)cc(N(c3ccc(OC)cc3)c3cc4cccc5ccc6cccc3c6c54)c2)cc1. The third kappa shape index (κ3) is 6.42. The van der Waals surface area contributed by atoms with E-state index in [0.717, 1.165) is 56.8 Å². The Bertz CT molecular complexity index is 4610. The van der Waals surface area contributed by atoms with Gasteiger partial charge in [0.15, 0.2) is 0 Å². The van der Waals surface area contributed by atoms with Crippen molar-refractivity contribution in [2.75, 3.05) is 24.0 Å². The number of benzene rings is 10. The maximum atomic E-state index is 5.84. The van der Waals surface area contributed by atoms with Gasteiger partial charge in [-0.2, -0.15) is 0 Å². The molecule has 0 saturated carbocycles. The van der Waals surface area contributed by atoms with E-state index >= 15 is 0 Å². The van der Waals surface area contributed by atoms with Crippen molar-refractivity contribution in [2.24, 2.45) is 11.8 Å². The summed E-state index contributed by atoms with van der Waals surface area (Å²) >= 11 is 0. The van der Waals surface area contributed by atoms with Crippen LogP contribution in [-0.2, 0) is 5.41 Å². The van der Waals surface area contributed by atoms with Gasteiger partial charge in [-0.15, -0.1) is 0 Å². The van der Waals surface area contributed by atoms with Crippen molar-refractivity contribution in [3.05, 3.63) is 276 Å². The highest BCUT2D eigenvalue weighted by molar-refractivity contribution is 6.26. The van der Waals surface area contributed by atoms with E-state index in [1.165, 1.54) is 93.2 Å². The molecule has 10 aromatic carbocycles. The largest absolute Gasteiger partial charge is 0.497 e. The Morgan fingerprint density at radius 2 is 1.09 bits per heavy atom. The lowest BCUT2D eigenvalue weighted by atomic mass is 9.63. The van der Waals surface area contributed by atoms with Crippen molar-refractivity contribution in [3.8, 4) is 28.3 Å². The van der Waals surface area contributed by atoms with Gasteiger partial charge in [-0.25, -0.2) is 0 Å². The second-order valence-corrected chi connectivity index (χ2v) is 22.0. The molecule has 0 bridgehead atoms. The molecule has 16 rings (SSSR count). The Balaban J connectivity index is 1.02. The fourth-order valence-corrected chi connectivity index (χ4v) is 14.0. The molecule has 5 aliphatic rings. The van der Waals surface area contributed by atoms with Crippen molar-refractivity contribution in [2.45, 2.75) is 19.3 Å². The number of para-hydroxylation sites is 2. The summed E-state index contributed by atoms with van der Waals surface area (Å²) in [6.45, 7) is 4.80. The molecule has 5 heteroatoms. The Hall–Kier alpha value is -9.58. The van der Waals surface area contributed by atoms with Crippen molar-refractivity contribution < 1.29 is 9.47 Å². The lowest BCUT2D eigenvalue weighted by Crippen LogP contribution is -2.34. The van der Waals surface area contributed by atoms with E-state index in [2.05, 4.69) is 265 Å². The normalized spacial score (nSPS) is 17.4. The van der Waals surface area contributed by atoms with Crippen LogP contribution >= 0.6 is 0 Å². The highest BCUT2D eigenvalue weighted by Gasteiger charge is 2.42. The molecule has 2 heterocycles. The molecule has 0 N–H and O–H groups in total. The van der Waals surface area contributed by atoms with Gasteiger partial charge in [0.25, 0.3) is 0 Å². The first-order chi connectivity index (χ1) is 38.3. The van der Waals surface area contributed by atoms with Crippen LogP contribution in [0, 0.1) is 11.8 Å². The molecule has 1 aliphatic heterocycles. The minimum atomic E-state index is -0.301. The third-order valence-corrected chi connectivity index (χ3v) is 17.6. The van der Waals surface area contributed by atoms with E-state index in [-0.39, 0.29) is 17.3 Å². The summed E-state index contributed by atoms with van der Waals surface area (Å²) in [6, 6.07) is 67.7. The van der Waals surface area contributed by atoms with Gasteiger partial charge in [-0.1, -0.05) is 147 Å². The molecule has 0 amide bonds.